The number of hydrogen-bond donors (Lipinski definition) is 4. The van der Waals surface area contributed by atoms with Gasteiger partial charge in [0.15, 0.2) is 11.5 Å². The van der Waals surface area contributed by atoms with Gasteiger partial charge in [-0.3, -0.25) is 14.8 Å². The lowest BCUT2D eigenvalue weighted by Crippen LogP contribution is -2.24. The van der Waals surface area contributed by atoms with Gasteiger partial charge in [-0.1, -0.05) is 35.9 Å². The highest BCUT2D eigenvalue weighted by atomic mass is 35.5. The van der Waals surface area contributed by atoms with Crippen LogP contribution in [0.25, 0.3) is 5.69 Å². The largest absolute Gasteiger partial charge is 0.380 e. The fourth-order valence-electron chi connectivity index (χ4n) is 2.31. The van der Waals surface area contributed by atoms with Crippen LogP contribution in [-0.2, 0) is 6.54 Å². The number of amides is 2. The Hall–Kier alpha value is -3.43. The van der Waals surface area contributed by atoms with E-state index in [0.29, 0.717) is 16.3 Å². The Labute approximate surface area is 158 Å². The van der Waals surface area contributed by atoms with Crippen molar-refractivity contribution >= 4 is 29.2 Å². The molecule has 0 fully saturated rings. The summed E-state index contributed by atoms with van der Waals surface area (Å²) >= 11 is 6.10. The molecule has 0 spiro atoms. The zero-order valence-corrected chi connectivity index (χ0v) is 14.6. The van der Waals surface area contributed by atoms with Crippen LogP contribution >= 0.6 is 11.6 Å². The second kappa shape index (κ2) is 7.85. The quantitative estimate of drug-likeness (QED) is 0.388. The van der Waals surface area contributed by atoms with Gasteiger partial charge >= 0.3 is 0 Å². The molecule has 3 rings (SSSR count). The summed E-state index contributed by atoms with van der Waals surface area (Å²) in [4.78, 5) is 24.8. The number of benzene rings is 2. The van der Waals surface area contributed by atoms with Gasteiger partial charge in [0.05, 0.1) is 5.02 Å². The normalized spacial score (nSPS) is 10.4. The number of nitrogens with two attached hydrogens (primary N) is 1. The fourth-order valence-corrected chi connectivity index (χ4v) is 2.52. The molecule has 0 bridgehead atoms. The first kappa shape index (κ1) is 18.4. The predicted molar refractivity (Wildman–Crippen MR) is 97.6 cm³/mol. The van der Waals surface area contributed by atoms with E-state index in [1.807, 2.05) is 0 Å². The smallest absolute Gasteiger partial charge is 0.275 e. The number of nitrogen functional groups attached to an aromatic ring is 1. The molecular weight excluding hydrogens is 372 g/mol. The summed E-state index contributed by atoms with van der Waals surface area (Å²) in [5, 5.41) is 19.8. The van der Waals surface area contributed by atoms with Crippen LogP contribution in [0.1, 0.15) is 26.4 Å². The van der Waals surface area contributed by atoms with E-state index >= 15 is 0 Å². The third-order valence-electron chi connectivity index (χ3n) is 3.69. The Kier molecular flexibility index (Phi) is 5.34. The number of carbonyl (C=O) groups is 2. The molecule has 0 aliphatic rings. The van der Waals surface area contributed by atoms with Crippen molar-refractivity contribution < 1.29 is 14.8 Å². The lowest BCUT2D eigenvalue weighted by molar-refractivity contribution is 0.0706. The maximum atomic E-state index is 12.4. The van der Waals surface area contributed by atoms with Crippen LogP contribution < -0.4 is 16.5 Å². The van der Waals surface area contributed by atoms with E-state index in [4.69, 9.17) is 22.5 Å². The molecule has 0 radical (unpaired) electrons. The van der Waals surface area contributed by atoms with Gasteiger partial charge in [-0.15, -0.1) is 15.0 Å². The lowest BCUT2D eigenvalue weighted by Gasteiger charge is -2.05. The number of hydrogen-bond acceptors (Lipinski definition) is 6. The molecule has 2 aromatic carbocycles. The van der Waals surface area contributed by atoms with Crippen molar-refractivity contribution in [2.45, 2.75) is 6.54 Å². The van der Waals surface area contributed by atoms with Crippen LogP contribution in [0.5, 0.6) is 0 Å². The third kappa shape index (κ3) is 4.05. The van der Waals surface area contributed by atoms with Gasteiger partial charge in [0.1, 0.15) is 5.69 Å². The standard InChI is InChI=1S/C17H15ClN6O3/c18-12-3-1-2-4-13(12)24-21-14(15(19)22-24)17(26)20-9-10-5-7-11(8-6-10)16(25)23-27/h1-8,27H,9H2,(H2,19,22)(H,20,26)(H,23,25). The number of carbonyl (C=O) groups excluding carboxylic acids is 2. The van der Waals surface area contributed by atoms with Gasteiger partial charge in [-0.05, 0) is 29.8 Å². The zero-order chi connectivity index (χ0) is 19.4. The van der Waals surface area contributed by atoms with Crippen molar-refractivity contribution in [2.24, 2.45) is 0 Å². The predicted octanol–water partition coefficient (Wildman–Crippen LogP) is 1.55. The number of nitrogens with one attached hydrogen (secondary N) is 2. The van der Waals surface area contributed by atoms with Gasteiger partial charge in [-0.2, -0.15) is 0 Å². The Balaban J connectivity index is 1.70. The molecule has 2 amide bonds. The van der Waals surface area contributed by atoms with Crippen molar-refractivity contribution in [3.05, 3.63) is 70.4 Å². The molecule has 27 heavy (non-hydrogen) atoms. The van der Waals surface area contributed by atoms with Crippen LogP contribution in [0.4, 0.5) is 5.82 Å². The van der Waals surface area contributed by atoms with Crippen molar-refractivity contribution in [2.75, 3.05) is 5.73 Å². The molecule has 1 heterocycles. The minimum Gasteiger partial charge on any atom is -0.380 e. The van der Waals surface area contributed by atoms with Gasteiger partial charge in [0.2, 0.25) is 0 Å². The maximum Gasteiger partial charge on any atom is 0.275 e. The SMILES string of the molecule is Nc1nn(-c2ccccc2Cl)nc1C(=O)NCc1ccc(C(=O)NO)cc1. The molecule has 3 aromatic rings. The van der Waals surface area contributed by atoms with E-state index in [-0.39, 0.29) is 18.1 Å². The molecule has 0 saturated carbocycles. The zero-order valence-electron chi connectivity index (χ0n) is 13.9. The number of para-hydroxylation sites is 1. The van der Waals surface area contributed by atoms with Crippen molar-refractivity contribution in [3.63, 3.8) is 0 Å². The van der Waals surface area contributed by atoms with E-state index in [1.165, 1.54) is 16.9 Å². The minimum absolute atomic E-state index is 0.0220. The molecule has 10 heteroatoms. The number of halogens is 1. The second-order valence-electron chi connectivity index (χ2n) is 5.50. The summed E-state index contributed by atoms with van der Waals surface area (Å²) in [6, 6.07) is 13.3. The van der Waals surface area contributed by atoms with Gasteiger partial charge in [0, 0.05) is 12.1 Å². The highest BCUT2D eigenvalue weighted by molar-refractivity contribution is 6.32. The number of nitrogens with zero attached hydrogens (tertiary/aromatic N) is 3. The second-order valence-corrected chi connectivity index (χ2v) is 5.90. The van der Waals surface area contributed by atoms with Crippen LogP contribution in [0.3, 0.4) is 0 Å². The fraction of sp³-hybridized carbons (Fsp3) is 0.0588. The molecule has 138 valence electrons. The van der Waals surface area contributed by atoms with Crippen LogP contribution in [-0.4, -0.2) is 32.0 Å². The monoisotopic (exact) mass is 386 g/mol. The Bertz CT molecular complexity index is 987. The first-order valence-corrected chi connectivity index (χ1v) is 8.16. The summed E-state index contributed by atoms with van der Waals surface area (Å²) in [5.41, 5.74) is 8.87. The molecule has 0 unspecified atom stereocenters. The van der Waals surface area contributed by atoms with Crippen molar-refractivity contribution in [1.29, 1.82) is 0 Å². The average molecular weight is 387 g/mol. The van der Waals surface area contributed by atoms with Crippen molar-refractivity contribution in [3.8, 4) is 5.69 Å². The third-order valence-corrected chi connectivity index (χ3v) is 4.01. The number of aromatic nitrogens is 3. The maximum absolute atomic E-state index is 12.4. The molecule has 0 aliphatic heterocycles. The molecule has 0 atom stereocenters. The Morgan fingerprint density at radius 3 is 2.44 bits per heavy atom. The molecule has 0 saturated heterocycles. The number of hydroxylamine groups is 1. The average Bonchev–Trinajstić information content (AvgIpc) is 3.07. The van der Waals surface area contributed by atoms with E-state index in [0.717, 1.165) is 5.56 Å². The Morgan fingerprint density at radius 2 is 1.78 bits per heavy atom. The van der Waals surface area contributed by atoms with E-state index in [9.17, 15) is 9.59 Å². The highest BCUT2D eigenvalue weighted by Crippen LogP contribution is 2.19. The number of anilines is 1. The number of rotatable bonds is 5. The molecule has 0 aliphatic carbocycles. The lowest BCUT2D eigenvalue weighted by atomic mass is 10.1. The van der Waals surface area contributed by atoms with Gasteiger partial charge < -0.3 is 11.1 Å². The van der Waals surface area contributed by atoms with E-state index in [2.05, 4.69) is 15.5 Å². The summed E-state index contributed by atoms with van der Waals surface area (Å²) in [6.45, 7) is 0.193. The van der Waals surface area contributed by atoms with Gasteiger partial charge in [0.25, 0.3) is 11.8 Å². The van der Waals surface area contributed by atoms with Gasteiger partial charge in [-0.25, -0.2) is 5.48 Å². The Morgan fingerprint density at radius 1 is 1.07 bits per heavy atom. The molecule has 1 aromatic heterocycles. The highest BCUT2D eigenvalue weighted by Gasteiger charge is 2.18. The summed E-state index contributed by atoms with van der Waals surface area (Å²) in [5.74, 6) is -1.14. The molecule has 9 nitrogen and oxygen atoms in total. The summed E-state index contributed by atoms with van der Waals surface area (Å²) in [6.07, 6.45) is 0. The van der Waals surface area contributed by atoms with Crippen LogP contribution in [0.2, 0.25) is 5.02 Å². The summed E-state index contributed by atoms with van der Waals surface area (Å²) in [7, 11) is 0. The minimum atomic E-state index is -0.616. The molecule has 5 N–H and O–H groups in total. The molecular formula is C17H15ClN6O3. The first-order chi connectivity index (χ1) is 13.0. The van der Waals surface area contributed by atoms with E-state index in [1.54, 1.807) is 41.9 Å². The topological polar surface area (TPSA) is 135 Å². The van der Waals surface area contributed by atoms with E-state index < -0.39 is 11.8 Å². The van der Waals surface area contributed by atoms with Crippen LogP contribution in [0, 0.1) is 0 Å². The van der Waals surface area contributed by atoms with Crippen LogP contribution in [0.15, 0.2) is 48.5 Å². The summed E-state index contributed by atoms with van der Waals surface area (Å²) < 4.78 is 0. The van der Waals surface area contributed by atoms with Crippen molar-refractivity contribution in [1.82, 2.24) is 25.8 Å². The first-order valence-electron chi connectivity index (χ1n) is 7.79.